The maximum atomic E-state index is 12.1. The molecule has 0 aliphatic carbocycles. The molecule has 0 saturated carbocycles. The van der Waals surface area contributed by atoms with Crippen molar-refractivity contribution in [1.82, 2.24) is 9.80 Å². The molecule has 1 rings (SSSR count). The minimum Gasteiger partial charge on any atom is -0.469 e. The molecule has 6 nitrogen and oxygen atoms in total. The third-order valence-corrected chi connectivity index (χ3v) is 3.19. The van der Waals surface area contributed by atoms with Crippen LogP contribution in [-0.2, 0) is 19.1 Å². The molecule has 0 N–H and O–H groups in total. The highest BCUT2D eigenvalue weighted by Crippen LogP contribution is 2.06. The van der Waals surface area contributed by atoms with Crippen molar-refractivity contribution in [2.24, 2.45) is 5.92 Å². The highest BCUT2D eigenvalue weighted by atomic mass is 16.5. The van der Waals surface area contributed by atoms with Crippen molar-refractivity contribution in [3.05, 3.63) is 0 Å². The quantitative estimate of drug-likeness (QED) is 0.658. The van der Waals surface area contributed by atoms with Gasteiger partial charge in [0, 0.05) is 19.6 Å². The summed E-state index contributed by atoms with van der Waals surface area (Å²) in [6, 6.07) is 0. The minimum atomic E-state index is -0.251. The van der Waals surface area contributed by atoms with E-state index in [1.165, 1.54) is 7.11 Å². The number of carbonyl (C=O) groups is 2. The number of rotatable bonds is 5. The SMILES string of the molecule is COC(=O)C(C)CN(C)CC(=O)N1CCOC(C)C1. The Kier molecular flexibility index (Phi) is 6.24. The van der Waals surface area contributed by atoms with E-state index in [0.29, 0.717) is 32.8 Å². The first-order chi connectivity index (χ1) is 8.93. The van der Waals surface area contributed by atoms with Crippen molar-refractivity contribution in [1.29, 1.82) is 0 Å². The van der Waals surface area contributed by atoms with Gasteiger partial charge >= 0.3 is 5.97 Å². The second-order valence-electron chi connectivity index (χ2n) is 5.14. The molecule has 0 spiro atoms. The van der Waals surface area contributed by atoms with Gasteiger partial charge in [-0.3, -0.25) is 14.5 Å². The maximum Gasteiger partial charge on any atom is 0.309 e. The maximum absolute atomic E-state index is 12.1. The van der Waals surface area contributed by atoms with Crippen molar-refractivity contribution >= 4 is 11.9 Å². The van der Waals surface area contributed by atoms with Crippen LogP contribution in [0, 0.1) is 5.92 Å². The van der Waals surface area contributed by atoms with E-state index in [-0.39, 0.29) is 23.9 Å². The third kappa shape index (κ3) is 5.16. The first-order valence-electron chi connectivity index (χ1n) is 6.59. The van der Waals surface area contributed by atoms with E-state index in [4.69, 9.17) is 4.74 Å². The lowest BCUT2D eigenvalue weighted by molar-refractivity contribution is -0.146. The molecule has 0 aromatic rings. The molecule has 1 fully saturated rings. The van der Waals surface area contributed by atoms with Crippen molar-refractivity contribution in [2.45, 2.75) is 20.0 Å². The predicted molar refractivity (Wildman–Crippen MR) is 70.7 cm³/mol. The fourth-order valence-electron chi connectivity index (χ4n) is 2.18. The summed E-state index contributed by atoms with van der Waals surface area (Å²) in [7, 11) is 3.21. The molecule has 1 aliphatic rings. The van der Waals surface area contributed by atoms with Crippen LogP contribution in [0.15, 0.2) is 0 Å². The number of esters is 1. The number of hydrogen-bond acceptors (Lipinski definition) is 5. The monoisotopic (exact) mass is 272 g/mol. The van der Waals surface area contributed by atoms with Gasteiger partial charge in [0.1, 0.15) is 0 Å². The molecule has 1 amide bonds. The molecular weight excluding hydrogens is 248 g/mol. The van der Waals surface area contributed by atoms with Crippen molar-refractivity contribution in [2.75, 3.05) is 46.9 Å². The van der Waals surface area contributed by atoms with Crippen LogP contribution in [-0.4, -0.2) is 74.7 Å². The Morgan fingerprint density at radius 3 is 2.79 bits per heavy atom. The van der Waals surface area contributed by atoms with E-state index in [2.05, 4.69) is 4.74 Å². The number of ether oxygens (including phenoxy) is 2. The van der Waals surface area contributed by atoms with Crippen LogP contribution in [0.4, 0.5) is 0 Å². The number of amides is 1. The van der Waals surface area contributed by atoms with E-state index < -0.39 is 0 Å². The van der Waals surface area contributed by atoms with Gasteiger partial charge < -0.3 is 14.4 Å². The Labute approximate surface area is 114 Å². The normalized spacial score (nSPS) is 21.3. The fraction of sp³-hybridized carbons (Fsp3) is 0.846. The van der Waals surface area contributed by atoms with Gasteiger partial charge in [-0.05, 0) is 14.0 Å². The standard InChI is InChI=1S/C13H24N2O4/c1-10(13(17)18-4)7-14(3)9-12(16)15-5-6-19-11(2)8-15/h10-11H,5-9H2,1-4H3. The smallest absolute Gasteiger partial charge is 0.309 e. The van der Waals surface area contributed by atoms with E-state index in [1.54, 1.807) is 6.92 Å². The third-order valence-electron chi connectivity index (χ3n) is 3.19. The average Bonchev–Trinajstić information content (AvgIpc) is 2.37. The minimum absolute atomic E-state index is 0.0784. The summed E-state index contributed by atoms with van der Waals surface area (Å²) >= 11 is 0. The van der Waals surface area contributed by atoms with Gasteiger partial charge in [0.25, 0.3) is 0 Å². The first-order valence-corrected chi connectivity index (χ1v) is 6.59. The lowest BCUT2D eigenvalue weighted by atomic mass is 10.2. The van der Waals surface area contributed by atoms with Crippen LogP contribution in [0.5, 0.6) is 0 Å². The summed E-state index contributed by atoms with van der Waals surface area (Å²) in [5, 5.41) is 0. The summed E-state index contributed by atoms with van der Waals surface area (Å²) in [6.07, 6.45) is 0.0944. The second-order valence-corrected chi connectivity index (χ2v) is 5.14. The zero-order chi connectivity index (χ0) is 14.4. The van der Waals surface area contributed by atoms with Crippen molar-refractivity contribution in [3.8, 4) is 0 Å². The van der Waals surface area contributed by atoms with E-state index in [9.17, 15) is 9.59 Å². The molecule has 0 bridgehead atoms. The summed E-state index contributed by atoms with van der Waals surface area (Å²) in [6.45, 7) is 6.45. The number of likely N-dealkylation sites (N-methyl/N-ethyl adjacent to an activating group) is 1. The molecule has 6 heteroatoms. The van der Waals surface area contributed by atoms with E-state index in [0.717, 1.165) is 0 Å². The van der Waals surface area contributed by atoms with Crippen LogP contribution in [0.1, 0.15) is 13.8 Å². The van der Waals surface area contributed by atoms with Gasteiger partial charge in [-0.15, -0.1) is 0 Å². The Morgan fingerprint density at radius 1 is 1.53 bits per heavy atom. The van der Waals surface area contributed by atoms with Crippen molar-refractivity contribution in [3.63, 3.8) is 0 Å². The molecule has 0 aromatic carbocycles. The highest BCUT2D eigenvalue weighted by Gasteiger charge is 2.23. The van der Waals surface area contributed by atoms with E-state index >= 15 is 0 Å². The van der Waals surface area contributed by atoms with Gasteiger partial charge in [0.05, 0.1) is 32.3 Å². The predicted octanol–water partition coefficient (Wildman–Crippen LogP) is -0.0254. The molecule has 2 atom stereocenters. The van der Waals surface area contributed by atoms with Crippen LogP contribution in [0.2, 0.25) is 0 Å². The van der Waals surface area contributed by atoms with Gasteiger partial charge in [-0.2, -0.15) is 0 Å². The first kappa shape index (κ1) is 15.9. The number of hydrogen-bond donors (Lipinski definition) is 0. The average molecular weight is 272 g/mol. The molecule has 1 heterocycles. The van der Waals surface area contributed by atoms with E-state index in [1.807, 2.05) is 23.8 Å². The Morgan fingerprint density at radius 2 is 2.21 bits per heavy atom. The van der Waals surface area contributed by atoms with Crippen LogP contribution in [0.25, 0.3) is 0 Å². The van der Waals surface area contributed by atoms with Crippen LogP contribution in [0.3, 0.4) is 0 Å². The summed E-state index contributed by atoms with van der Waals surface area (Å²) in [5.41, 5.74) is 0. The molecule has 0 radical (unpaired) electrons. The van der Waals surface area contributed by atoms with Crippen LogP contribution >= 0.6 is 0 Å². The molecule has 110 valence electrons. The zero-order valence-corrected chi connectivity index (χ0v) is 12.2. The topological polar surface area (TPSA) is 59.1 Å². The molecule has 19 heavy (non-hydrogen) atoms. The number of nitrogens with zero attached hydrogens (tertiary/aromatic N) is 2. The lowest BCUT2D eigenvalue weighted by Crippen LogP contribution is -2.48. The molecule has 1 saturated heterocycles. The molecule has 0 aromatic heterocycles. The van der Waals surface area contributed by atoms with Gasteiger partial charge in [0.2, 0.25) is 5.91 Å². The summed E-state index contributed by atoms with van der Waals surface area (Å²) in [5.74, 6) is -0.402. The number of methoxy groups -OCH3 is 1. The fourth-order valence-corrected chi connectivity index (χ4v) is 2.18. The number of carbonyl (C=O) groups excluding carboxylic acids is 2. The largest absolute Gasteiger partial charge is 0.469 e. The van der Waals surface area contributed by atoms with Crippen molar-refractivity contribution < 1.29 is 19.1 Å². The van der Waals surface area contributed by atoms with Gasteiger partial charge in [0.15, 0.2) is 0 Å². The van der Waals surface area contributed by atoms with Gasteiger partial charge in [-0.25, -0.2) is 0 Å². The highest BCUT2D eigenvalue weighted by molar-refractivity contribution is 5.78. The Balaban J connectivity index is 2.37. The Bertz CT molecular complexity index is 322. The second kappa shape index (κ2) is 7.45. The lowest BCUT2D eigenvalue weighted by Gasteiger charge is -2.32. The molecule has 1 aliphatic heterocycles. The Hall–Kier alpha value is -1.14. The van der Waals surface area contributed by atoms with Gasteiger partial charge in [-0.1, -0.05) is 6.92 Å². The number of morpholine rings is 1. The summed E-state index contributed by atoms with van der Waals surface area (Å²) < 4.78 is 10.1. The molecule has 2 unspecified atom stereocenters. The summed E-state index contributed by atoms with van der Waals surface area (Å²) in [4.78, 5) is 27.1. The van der Waals surface area contributed by atoms with Crippen LogP contribution < -0.4 is 0 Å². The molecular formula is C13H24N2O4. The zero-order valence-electron chi connectivity index (χ0n) is 12.2.